The van der Waals surface area contributed by atoms with Gasteiger partial charge in [0.25, 0.3) is 0 Å². The second kappa shape index (κ2) is 8.85. The average molecular weight is 374 g/mol. The third kappa shape index (κ3) is 5.59. The van der Waals surface area contributed by atoms with E-state index in [0.717, 1.165) is 22.4 Å². The van der Waals surface area contributed by atoms with Gasteiger partial charge in [-0.1, -0.05) is 17.7 Å². The fraction of sp³-hybridized carbons (Fsp3) is 0.300. The Labute approximate surface area is 157 Å². The fourth-order valence-electron chi connectivity index (χ4n) is 2.61. The summed E-state index contributed by atoms with van der Waals surface area (Å²) >= 11 is 1.25. The van der Waals surface area contributed by atoms with Crippen molar-refractivity contribution >= 4 is 35.0 Å². The quantitative estimate of drug-likeness (QED) is 0.785. The fourth-order valence-corrected chi connectivity index (χ4v) is 3.29. The highest BCUT2D eigenvalue weighted by Gasteiger charge is 2.17. The van der Waals surface area contributed by atoms with E-state index < -0.39 is 0 Å². The molecule has 2 amide bonds. The molecule has 0 radical (unpaired) electrons. The molecule has 0 aliphatic heterocycles. The summed E-state index contributed by atoms with van der Waals surface area (Å²) in [7, 11) is 0. The highest BCUT2D eigenvalue weighted by molar-refractivity contribution is 8.01. The maximum Gasteiger partial charge on any atom is 0.237 e. The second-order valence-corrected chi connectivity index (χ2v) is 7.60. The Morgan fingerprint density at radius 1 is 1.04 bits per heavy atom. The minimum atomic E-state index is -0.380. The molecule has 2 N–H and O–H groups in total. The molecule has 26 heavy (non-hydrogen) atoms. The van der Waals surface area contributed by atoms with E-state index in [0.29, 0.717) is 5.69 Å². The molecular formula is C20H23FN2O2S. The second-order valence-electron chi connectivity index (χ2n) is 6.27. The van der Waals surface area contributed by atoms with E-state index in [4.69, 9.17) is 0 Å². The first-order valence-electron chi connectivity index (χ1n) is 8.32. The van der Waals surface area contributed by atoms with Crippen molar-refractivity contribution in [3.05, 3.63) is 58.9 Å². The third-order valence-electron chi connectivity index (χ3n) is 3.89. The topological polar surface area (TPSA) is 58.2 Å². The predicted octanol–water partition coefficient (Wildman–Crippen LogP) is 4.45. The van der Waals surface area contributed by atoms with Crippen LogP contribution in [0.25, 0.3) is 0 Å². The van der Waals surface area contributed by atoms with Gasteiger partial charge in [0.2, 0.25) is 11.8 Å². The summed E-state index contributed by atoms with van der Waals surface area (Å²) < 4.78 is 12.9. The zero-order chi connectivity index (χ0) is 19.3. The number of anilines is 2. The number of rotatable bonds is 6. The minimum Gasteiger partial charge on any atom is -0.325 e. The first-order chi connectivity index (χ1) is 12.3. The van der Waals surface area contributed by atoms with Crippen LogP contribution in [-0.4, -0.2) is 22.8 Å². The van der Waals surface area contributed by atoms with E-state index in [1.807, 2.05) is 32.9 Å². The molecule has 0 bridgehead atoms. The van der Waals surface area contributed by atoms with Crippen LogP contribution in [0.3, 0.4) is 0 Å². The van der Waals surface area contributed by atoms with Crippen LogP contribution in [0, 0.1) is 26.6 Å². The maximum atomic E-state index is 12.9. The van der Waals surface area contributed by atoms with E-state index in [9.17, 15) is 14.0 Å². The van der Waals surface area contributed by atoms with Gasteiger partial charge < -0.3 is 10.6 Å². The van der Waals surface area contributed by atoms with Crippen LogP contribution in [0.5, 0.6) is 0 Å². The first kappa shape index (κ1) is 20.0. The van der Waals surface area contributed by atoms with Crippen molar-refractivity contribution in [2.24, 2.45) is 0 Å². The highest BCUT2D eigenvalue weighted by atomic mass is 32.2. The molecule has 2 aromatic rings. The number of aryl methyl sites for hydroxylation is 3. The molecule has 0 saturated carbocycles. The Hall–Kier alpha value is -2.34. The lowest BCUT2D eigenvalue weighted by atomic mass is 10.1. The summed E-state index contributed by atoms with van der Waals surface area (Å²) in [4.78, 5) is 24.4. The molecular weight excluding hydrogens is 351 g/mol. The highest BCUT2D eigenvalue weighted by Crippen LogP contribution is 2.23. The van der Waals surface area contributed by atoms with Gasteiger partial charge in [0, 0.05) is 11.4 Å². The van der Waals surface area contributed by atoms with Crippen molar-refractivity contribution in [1.82, 2.24) is 0 Å². The van der Waals surface area contributed by atoms with Crippen LogP contribution >= 0.6 is 11.8 Å². The van der Waals surface area contributed by atoms with Crippen molar-refractivity contribution < 1.29 is 14.0 Å². The number of halogens is 1. The molecule has 4 nitrogen and oxygen atoms in total. The largest absolute Gasteiger partial charge is 0.325 e. The van der Waals surface area contributed by atoms with Crippen molar-refractivity contribution in [1.29, 1.82) is 0 Å². The van der Waals surface area contributed by atoms with E-state index in [1.54, 1.807) is 6.92 Å². The number of carbonyl (C=O) groups excluding carboxylic acids is 2. The van der Waals surface area contributed by atoms with Crippen molar-refractivity contribution in [2.45, 2.75) is 32.9 Å². The van der Waals surface area contributed by atoms with E-state index in [1.165, 1.54) is 36.0 Å². The summed E-state index contributed by atoms with van der Waals surface area (Å²) in [5, 5.41) is 5.25. The summed E-state index contributed by atoms with van der Waals surface area (Å²) in [5.74, 6) is -0.592. The molecule has 2 aromatic carbocycles. The minimum absolute atomic E-state index is 0.137. The third-order valence-corrected chi connectivity index (χ3v) is 5.03. The van der Waals surface area contributed by atoms with Gasteiger partial charge in [-0.2, -0.15) is 0 Å². The van der Waals surface area contributed by atoms with E-state index >= 15 is 0 Å². The lowest BCUT2D eigenvalue weighted by Gasteiger charge is -2.16. The Balaban J connectivity index is 1.87. The van der Waals surface area contributed by atoms with Crippen molar-refractivity contribution in [3.63, 3.8) is 0 Å². The normalized spacial score (nSPS) is 11.7. The molecule has 0 spiro atoms. The molecule has 0 aliphatic rings. The Morgan fingerprint density at radius 2 is 1.62 bits per heavy atom. The van der Waals surface area contributed by atoms with Gasteiger partial charge in [-0.25, -0.2) is 4.39 Å². The summed E-state index contributed by atoms with van der Waals surface area (Å²) in [6, 6.07) is 9.61. The predicted molar refractivity (Wildman–Crippen MR) is 106 cm³/mol. The van der Waals surface area contributed by atoms with Gasteiger partial charge in [-0.15, -0.1) is 11.8 Å². The molecule has 2 rings (SSSR count). The molecule has 1 atom stereocenters. The van der Waals surface area contributed by atoms with Crippen LogP contribution in [0.15, 0.2) is 36.4 Å². The zero-order valence-corrected chi connectivity index (χ0v) is 16.2. The summed E-state index contributed by atoms with van der Waals surface area (Å²) in [6.07, 6.45) is 0. The standard InChI is InChI=1S/C20H23FN2O2S/c1-12-9-13(2)19(14(3)10-12)23-20(25)15(4)26-11-18(24)22-17-7-5-16(21)6-8-17/h5-10,15H,11H2,1-4H3,(H,22,24)(H,23,25)/t15-/m0/s1. The van der Waals surface area contributed by atoms with Gasteiger partial charge in [0.1, 0.15) is 5.82 Å². The van der Waals surface area contributed by atoms with Gasteiger partial charge in [0.05, 0.1) is 11.0 Å². The zero-order valence-electron chi connectivity index (χ0n) is 15.4. The SMILES string of the molecule is Cc1cc(C)c(NC(=O)[C@H](C)SCC(=O)Nc2ccc(F)cc2)c(C)c1. The van der Waals surface area contributed by atoms with Gasteiger partial charge >= 0.3 is 0 Å². The van der Waals surface area contributed by atoms with E-state index in [-0.39, 0.29) is 28.6 Å². The Kier molecular flexibility index (Phi) is 6.80. The smallest absolute Gasteiger partial charge is 0.237 e. The number of amides is 2. The van der Waals surface area contributed by atoms with Crippen LogP contribution < -0.4 is 10.6 Å². The summed E-state index contributed by atoms with van der Waals surface area (Å²) in [5.41, 5.74) is 4.53. The molecule has 0 aromatic heterocycles. The molecule has 0 fully saturated rings. The molecule has 138 valence electrons. The number of nitrogens with one attached hydrogen (secondary N) is 2. The molecule has 6 heteroatoms. The number of benzene rings is 2. The van der Waals surface area contributed by atoms with Crippen LogP contribution in [0.1, 0.15) is 23.6 Å². The number of thioether (sulfide) groups is 1. The molecule has 0 aliphatic carbocycles. The average Bonchev–Trinajstić information content (AvgIpc) is 2.57. The lowest BCUT2D eigenvalue weighted by molar-refractivity contribution is -0.115. The van der Waals surface area contributed by atoms with Gasteiger partial charge in [0.15, 0.2) is 0 Å². The van der Waals surface area contributed by atoms with E-state index in [2.05, 4.69) is 10.6 Å². The van der Waals surface area contributed by atoms with Gasteiger partial charge in [-0.3, -0.25) is 9.59 Å². The summed E-state index contributed by atoms with van der Waals surface area (Å²) in [6.45, 7) is 7.71. The van der Waals surface area contributed by atoms with Crippen LogP contribution in [0.4, 0.5) is 15.8 Å². The van der Waals surface area contributed by atoms with Crippen molar-refractivity contribution in [3.8, 4) is 0 Å². The molecule has 0 unspecified atom stereocenters. The lowest BCUT2D eigenvalue weighted by Crippen LogP contribution is -2.25. The maximum absolute atomic E-state index is 12.9. The monoisotopic (exact) mass is 374 g/mol. The Morgan fingerprint density at radius 3 is 2.19 bits per heavy atom. The number of carbonyl (C=O) groups is 2. The first-order valence-corrected chi connectivity index (χ1v) is 9.37. The van der Waals surface area contributed by atoms with Crippen LogP contribution in [0.2, 0.25) is 0 Å². The molecule has 0 heterocycles. The molecule has 0 saturated heterocycles. The van der Waals surface area contributed by atoms with Crippen molar-refractivity contribution in [2.75, 3.05) is 16.4 Å². The number of hydrogen-bond acceptors (Lipinski definition) is 3. The van der Waals surface area contributed by atoms with Gasteiger partial charge in [-0.05, 0) is 63.1 Å². The Bertz CT molecular complexity index is 783. The van der Waals surface area contributed by atoms with Crippen LogP contribution in [-0.2, 0) is 9.59 Å². The number of hydrogen-bond donors (Lipinski definition) is 2.